The second kappa shape index (κ2) is 15.5. The zero-order valence-electron chi connectivity index (χ0n) is 28.6. The van der Waals surface area contributed by atoms with E-state index in [1.54, 1.807) is 13.0 Å². The molecule has 1 aromatic carbocycles. The Balaban J connectivity index is 1.55. The normalized spacial score (nSPS) is 22.4. The first kappa shape index (κ1) is 36.9. The maximum atomic E-state index is 15.7. The molecular weight excluding hydrogens is 627 g/mol. The van der Waals surface area contributed by atoms with Gasteiger partial charge in [-0.1, -0.05) is 32.8 Å². The van der Waals surface area contributed by atoms with Gasteiger partial charge in [-0.25, -0.2) is 4.39 Å². The fraction of sp³-hybridized carbons (Fsp3) is 0.618. The molecule has 1 aromatic heterocycles. The second-order valence-electron chi connectivity index (χ2n) is 13.5. The Morgan fingerprint density at radius 2 is 1.73 bits per heavy atom. The Labute approximate surface area is 280 Å². The van der Waals surface area contributed by atoms with Gasteiger partial charge < -0.3 is 25.8 Å². The zero-order valence-corrected chi connectivity index (χ0v) is 28.6. The van der Waals surface area contributed by atoms with E-state index in [9.17, 15) is 28.0 Å². The minimum atomic E-state index is -3.73. The van der Waals surface area contributed by atoms with E-state index in [0.717, 1.165) is 31.7 Å². The third-order valence-corrected chi connectivity index (χ3v) is 9.85. The lowest BCUT2D eigenvalue weighted by Crippen LogP contribution is -2.59. The van der Waals surface area contributed by atoms with E-state index in [4.69, 9.17) is 0 Å². The average Bonchev–Trinajstić information content (AvgIpc) is 3.53. The molecule has 1 saturated carbocycles. The summed E-state index contributed by atoms with van der Waals surface area (Å²) in [6.07, 6.45) is 4.74. The fourth-order valence-corrected chi connectivity index (χ4v) is 6.44. The predicted molar refractivity (Wildman–Crippen MR) is 175 cm³/mol. The maximum absolute atomic E-state index is 15.7. The molecule has 2 heterocycles. The summed E-state index contributed by atoms with van der Waals surface area (Å²) >= 11 is 0. The number of aryl methyl sites for hydroxylation is 1. The molecule has 1 aliphatic heterocycles. The van der Waals surface area contributed by atoms with Gasteiger partial charge in [0.2, 0.25) is 11.8 Å². The minimum absolute atomic E-state index is 0.0155. The van der Waals surface area contributed by atoms with E-state index in [-0.39, 0.29) is 23.2 Å². The predicted octanol–water partition coefficient (Wildman–Crippen LogP) is 4.01. The second-order valence-corrected chi connectivity index (χ2v) is 13.5. The van der Waals surface area contributed by atoms with Gasteiger partial charge >= 0.3 is 5.92 Å². The Hall–Kier alpha value is -3.94. The van der Waals surface area contributed by atoms with Crippen molar-refractivity contribution >= 4 is 29.3 Å². The molecule has 2 aliphatic rings. The number of amides is 4. The molecule has 0 unspecified atom stereocenters. The lowest BCUT2D eigenvalue weighted by molar-refractivity contribution is -0.148. The fourth-order valence-electron chi connectivity index (χ4n) is 6.44. The molecule has 0 bridgehead atoms. The lowest BCUT2D eigenvalue weighted by Gasteiger charge is -2.40. The first-order valence-electron chi connectivity index (χ1n) is 16.7. The van der Waals surface area contributed by atoms with Gasteiger partial charge in [0.1, 0.15) is 23.6 Å². The molecule has 14 heteroatoms. The number of nitrogens with zero attached hydrogens (tertiary/aromatic N) is 4. The van der Waals surface area contributed by atoms with E-state index >= 15 is 4.39 Å². The summed E-state index contributed by atoms with van der Waals surface area (Å²) < 4.78 is 45.1. The molecule has 48 heavy (non-hydrogen) atoms. The first-order valence-corrected chi connectivity index (χ1v) is 16.7. The van der Waals surface area contributed by atoms with Crippen LogP contribution in [0.3, 0.4) is 0 Å². The molecule has 3 N–H and O–H groups in total. The van der Waals surface area contributed by atoms with Crippen molar-refractivity contribution in [3.8, 4) is 0 Å². The molecule has 264 valence electrons. The highest BCUT2D eigenvalue weighted by atomic mass is 19.3. The third-order valence-electron chi connectivity index (χ3n) is 9.85. The first-order chi connectivity index (χ1) is 22.6. The quantitative estimate of drug-likeness (QED) is 0.330. The molecule has 1 saturated heterocycles. The van der Waals surface area contributed by atoms with Crippen molar-refractivity contribution in [2.24, 2.45) is 11.8 Å². The molecule has 4 rings (SSSR count). The number of alkyl halides is 2. The Morgan fingerprint density at radius 1 is 1.04 bits per heavy atom. The monoisotopic (exact) mass is 675 g/mol. The van der Waals surface area contributed by atoms with Crippen molar-refractivity contribution in [2.75, 3.05) is 32.0 Å². The van der Waals surface area contributed by atoms with Crippen molar-refractivity contribution in [1.82, 2.24) is 30.2 Å². The summed E-state index contributed by atoms with van der Waals surface area (Å²) in [7, 11) is 1.92. The van der Waals surface area contributed by atoms with Gasteiger partial charge in [-0.3, -0.25) is 23.9 Å². The highest BCUT2D eigenvalue weighted by molar-refractivity contribution is 6.00. The van der Waals surface area contributed by atoms with Crippen LogP contribution in [0.5, 0.6) is 0 Å². The van der Waals surface area contributed by atoms with Crippen LogP contribution in [0.1, 0.15) is 82.3 Å². The molecule has 4 atom stereocenters. The highest BCUT2D eigenvalue weighted by Crippen LogP contribution is 2.32. The smallest absolute Gasteiger partial charge is 0.321 e. The van der Waals surface area contributed by atoms with Gasteiger partial charge in [0, 0.05) is 51.3 Å². The van der Waals surface area contributed by atoms with Crippen LogP contribution < -0.4 is 16.0 Å². The molecule has 2 aromatic rings. The number of piperazine rings is 1. The van der Waals surface area contributed by atoms with Gasteiger partial charge in [0.05, 0.1) is 5.69 Å². The van der Waals surface area contributed by atoms with E-state index in [1.165, 1.54) is 27.9 Å². The number of anilines is 1. The van der Waals surface area contributed by atoms with Gasteiger partial charge in [0.25, 0.3) is 11.8 Å². The van der Waals surface area contributed by atoms with Crippen LogP contribution in [0.25, 0.3) is 0 Å². The highest BCUT2D eigenvalue weighted by Gasteiger charge is 2.40. The summed E-state index contributed by atoms with van der Waals surface area (Å²) in [5.74, 6) is -8.26. The number of likely N-dealkylation sites (N-methyl/N-ethyl adjacent to an activating group) is 1. The number of hydrogen-bond donors (Lipinski definition) is 3. The van der Waals surface area contributed by atoms with Crippen molar-refractivity contribution in [3.63, 3.8) is 0 Å². The zero-order chi connectivity index (χ0) is 35.3. The van der Waals surface area contributed by atoms with Crippen molar-refractivity contribution in [3.05, 3.63) is 47.5 Å². The summed E-state index contributed by atoms with van der Waals surface area (Å²) in [6, 6.07) is 3.22. The minimum Gasteiger partial charge on any atom is -0.339 e. The molecule has 11 nitrogen and oxygen atoms in total. The van der Waals surface area contributed by atoms with E-state index in [2.05, 4.69) is 32.9 Å². The van der Waals surface area contributed by atoms with Crippen molar-refractivity contribution < 1.29 is 32.3 Å². The Morgan fingerprint density at radius 3 is 2.33 bits per heavy atom. The van der Waals surface area contributed by atoms with Crippen molar-refractivity contribution in [2.45, 2.75) is 96.8 Å². The number of carbonyl (C=O) groups is 4. The molecular formula is C34H48F3N7O4. The number of benzene rings is 1. The van der Waals surface area contributed by atoms with E-state index < -0.39 is 53.4 Å². The summed E-state index contributed by atoms with van der Waals surface area (Å²) in [5.41, 5.74) is 0.439. The lowest BCUT2D eigenvalue weighted by atomic mass is 9.79. The Kier molecular flexibility index (Phi) is 11.9. The number of hydrogen-bond acceptors (Lipinski definition) is 6. The number of carbonyl (C=O) groups excluding carboxylic acids is 4. The SMILES string of the molecule is CCn1nccc1C(=O)N[C@H](C(=O)Nc1ccc([C@H](C)[C@@H](NC(=O)C(C)(F)F)C(=O)N2CCN(C)[C@H](C)C2)cc1F)C1CCC(C)CC1. The van der Waals surface area contributed by atoms with E-state index in [1.807, 2.05) is 20.9 Å². The third kappa shape index (κ3) is 8.74. The van der Waals surface area contributed by atoms with Crippen LogP contribution >= 0.6 is 0 Å². The molecule has 4 amide bonds. The van der Waals surface area contributed by atoms with Crippen LogP contribution in [0.15, 0.2) is 30.5 Å². The summed E-state index contributed by atoms with van der Waals surface area (Å²) in [4.78, 5) is 56.5. The summed E-state index contributed by atoms with van der Waals surface area (Å²) in [6.45, 7) is 9.66. The Bertz CT molecular complexity index is 1470. The standard InChI is InChI=1S/C34H48F3N7O4/c1-7-44-27(14-15-38-44)30(45)40-29(23-10-8-20(2)9-11-23)31(46)39-26-13-12-24(18-25(26)35)22(4)28(41-33(48)34(5,36)37)32(47)43-17-16-42(6)21(3)19-43/h12-15,18,20-23,28-29H,7-11,16-17,19H2,1-6H3,(H,39,46)(H,40,45)(H,41,48)/t20?,21-,22+,23?,28-,29+/m1/s1. The van der Waals surface area contributed by atoms with E-state index in [0.29, 0.717) is 44.7 Å². The molecule has 2 fully saturated rings. The van der Waals surface area contributed by atoms with Gasteiger partial charge in [-0.05, 0) is 69.3 Å². The van der Waals surface area contributed by atoms with Crippen LogP contribution in [-0.4, -0.2) is 93.9 Å². The molecule has 0 radical (unpaired) electrons. The topological polar surface area (TPSA) is 129 Å². The number of halogens is 3. The largest absolute Gasteiger partial charge is 0.339 e. The van der Waals surface area contributed by atoms with Crippen molar-refractivity contribution in [1.29, 1.82) is 0 Å². The van der Waals surface area contributed by atoms with Gasteiger partial charge in [0.15, 0.2) is 0 Å². The number of nitrogens with one attached hydrogen (secondary N) is 3. The molecule has 1 aliphatic carbocycles. The number of rotatable bonds is 11. The van der Waals surface area contributed by atoms with Gasteiger partial charge in [-0.15, -0.1) is 0 Å². The molecule has 0 spiro atoms. The van der Waals surface area contributed by atoms with Crippen LogP contribution in [0, 0.1) is 17.7 Å². The van der Waals surface area contributed by atoms with Crippen LogP contribution in [0.2, 0.25) is 0 Å². The van der Waals surface area contributed by atoms with Gasteiger partial charge in [-0.2, -0.15) is 13.9 Å². The number of aromatic nitrogens is 2. The average molecular weight is 676 g/mol. The van der Waals surface area contributed by atoms with Crippen LogP contribution in [0.4, 0.5) is 18.9 Å². The maximum Gasteiger partial charge on any atom is 0.321 e. The summed E-state index contributed by atoms with van der Waals surface area (Å²) in [5, 5.41) is 11.8. The van der Waals surface area contributed by atoms with Crippen LogP contribution in [-0.2, 0) is 20.9 Å².